The number of hydrogen-bond acceptors (Lipinski definition) is 4. The highest BCUT2D eigenvalue weighted by atomic mass is 16.5. The van der Waals surface area contributed by atoms with Crippen molar-refractivity contribution in [2.45, 2.75) is 19.3 Å². The van der Waals surface area contributed by atoms with Crippen LogP contribution in [0.5, 0.6) is 11.5 Å². The van der Waals surface area contributed by atoms with Crippen molar-refractivity contribution in [3.05, 3.63) is 18.2 Å². The molecule has 3 rings (SSSR count). The van der Waals surface area contributed by atoms with Crippen molar-refractivity contribution >= 4 is 11.6 Å². The molecule has 1 saturated carbocycles. The molecule has 1 heterocycles. The Morgan fingerprint density at radius 1 is 1.29 bits per heavy atom. The van der Waals surface area contributed by atoms with Crippen molar-refractivity contribution in [1.29, 1.82) is 0 Å². The zero-order valence-electron chi connectivity index (χ0n) is 12.6. The van der Waals surface area contributed by atoms with E-state index in [1.54, 1.807) is 20.3 Å². The largest absolute Gasteiger partial charge is 0.497 e. The average molecular weight is 290 g/mol. The molecule has 1 amide bonds. The van der Waals surface area contributed by atoms with Gasteiger partial charge in [0.05, 0.1) is 19.9 Å². The van der Waals surface area contributed by atoms with Gasteiger partial charge in [-0.05, 0) is 49.9 Å². The van der Waals surface area contributed by atoms with Gasteiger partial charge in [-0.15, -0.1) is 0 Å². The van der Waals surface area contributed by atoms with Crippen LogP contribution in [0.3, 0.4) is 0 Å². The summed E-state index contributed by atoms with van der Waals surface area (Å²) in [6.45, 7) is 2.05. The summed E-state index contributed by atoms with van der Waals surface area (Å²) < 4.78 is 10.5. The number of methoxy groups -OCH3 is 2. The number of benzene rings is 1. The number of amides is 1. The number of nitrogens with one attached hydrogen (secondary N) is 2. The fourth-order valence-electron chi connectivity index (χ4n) is 3.32. The molecule has 114 valence electrons. The van der Waals surface area contributed by atoms with Crippen molar-refractivity contribution in [3.8, 4) is 11.5 Å². The van der Waals surface area contributed by atoms with Crippen molar-refractivity contribution in [3.63, 3.8) is 0 Å². The van der Waals surface area contributed by atoms with Crippen LogP contribution < -0.4 is 20.1 Å². The van der Waals surface area contributed by atoms with Crippen LogP contribution in [0.2, 0.25) is 0 Å². The van der Waals surface area contributed by atoms with E-state index in [0.717, 1.165) is 32.4 Å². The van der Waals surface area contributed by atoms with E-state index in [9.17, 15) is 4.79 Å². The maximum absolute atomic E-state index is 12.5. The second kappa shape index (κ2) is 5.56. The van der Waals surface area contributed by atoms with E-state index in [1.165, 1.54) is 0 Å². The van der Waals surface area contributed by atoms with Gasteiger partial charge >= 0.3 is 0 Å². The van der Waals surface area contributed by atoms with Crippen LogP contribution in [0.15, 0.2) is 18.2 Å². The maximum atomic E-state index is 12.5. The summed E-state index contributed by atoms with van der Waals surface area (Å²) in [5.74, 6) is 1.60. The highest BCUT2D eigenvalue weighted by molar-refractivity contribution is 5.96. The topological polar surface area (TPSA) is 59.6 Å². The molecule has 2 aliphatic rings. The zero-order valence-corrected chi connectivity index (χ0v) is 12.6. The molecule has 1 aromatic carbocycles. The number of hydrogen-bond donors (Lipinski definition) is 2. The predicted molar refractivity (Wildman–Crippen MR) is 80.8 cm³/mol. The molecule has 0 radical (unpaired) electrons. The van der Waals surface area contributed by atoms with Gasteiger partial charge in [0.1, 0.15) is 11.5 Å². The van der Waals surface area contributed by atoms with Crippen molar-refractivity contribution < 1.29 is 14.3 Å². The highest BCUT2D eigenvalue weighted by Crippen LogP contribution is 2.58. The lowest BCUT2D eigenvalue weighted by Gasteiger charge is -2.23. The summed E-state index contributed by atoms with van der Waals surface area (Å²) in [5, 5.41) is 6.36. The normalized spacial score (nSPS) is 22.7. The molecule has 21 heavy (non-hydrogen) atoms. The van der Waals surface area contributed by atoms with Crippen LogP contribution in [-0.2, 0) is 4.79 Å². The Labute approximate surface area is 125 Å². The van der Waals surface area contributed by atoms with Gasteiger partial charge in [0.25, 0.3) is 0 Å². The van der Waals surface area contributed by atoms with Crippen LogP contribution in [0.25, 0.3) is 0 Å². The molecule has 0 aromatic heterocycles. The first kappa shape index (κ1) is 14.2. The van der Waals surface area contributed by atoms with Gasteiger partial charge < -0.3 is 20.1 Å². The van der Waals surface area contributed by atoms with E-state index in [2.05, 4.69) is 10.6 Å². The molecular formula is C16H22N2O3. The minimum absolute atomic E-state index is 0.111. The first-order valence-electron chi connectivity index (χ1n) is 7.42. The van der Waals surface area contributed by atoms with E-state index in [4.69, 9.17) is 9.47 Å². The standard InChI is InChI=1S/C16H22N2O3/c1-20-11-3-4-13(14(9-11)21-2)18-15(19)12-10-16(12)5-7-17-8-6-16/h3-4,9,12,17H,5-8,10H2,1-2H3,(H,18,19). The summed E-state index contributed by atoms with van der Waals surface area (Å²) in [6, 6.07) is 5.43. The maximum Gasteiger partial charge on any atom is 0.228 e. The first-order valence-corrected chi connectivity index (χ1v) is 7.42. The van der Waals surface area contributed by atoms with Crippen molar-refractivity contribution in [2.24, 2.45) is 11.3 Å². The second-order valence-corrected chi connectivity index (χ2v) is 5.92. The van der Waals surface area contributed by atoms with Gasteiger partial charge in [-0.3, -0.25) is 4.79 Å². The van der Waals surface area contributed by atoms with Gasteiger partial charge in [-0.2, -0.15) is 0 Å². The number of carbonyl (C=O) groups is 1. The number of anilines is 1. The van der Waals surface area contributed by atoms with Gasteiger partial charge in [0.2, 0.25) is 5.91 Å². The molecule has 1 aliphatic heterocycles. The second-order valence-electron chi connectivity index (χ2n) is 5.92. The van der Waals surface area contributed by atoms with Crippen LogP contribution in [0.1, 0.15) is 19.3 Å². The number of piperidine rings is 1. The Kier molecular flexibility index (Phi) is 3.76. The molecule has 5 heteroatoms. The van der Waals surface area contributed by atoms with Crippen LogP contribution in [0, 0.1) is 11.3 Å². The molecule has 1 unspecified atom stereocenters. The average Bonchev–Trinajstić information content (AvgIpc) is 3.21. The predicted octanol–water partition coefficient (Wildman–Crippen LogP) is 2.03. The molecule has 1 saturated heterocycles. The smallest absolute Gasteiger partial charge is 0.228 e. The monoisotopic (exact) mass is 290 g/mol. The Morgan fingerprint density at radius 2 is 2.05 bits per heavy atom. The molecular weight excluding hydrogens is 268 g/mol. The minimum atomic E-state index is 0.111. The fourth-order valence-corrected chi connectivity index (χ4v) is 3.32. The first-order chi connectivity index (χ1) is 10.2. The highest BCUT2D eigenvalue weighted by Gasteiger charge is 2.57. The van der Waals surface area contributed by atoms with Gasteiger partial charge in [-0.25, -0.2) is 0 Å². The Bertz CT molecular complexity index is 538. The van der Waals surface area contributed by atoms with Crippen LogP contribution in [0.4, 0.5) is 5.69 Å². The quantitative estimate of drug-likeness (QED) is 0.891. The fraction of sp³-hybridized carbons (Fsp3) is 0.562. The van der Waals surface area contributed by atoms with Gasteiger partial charge in [0.15, 0.2) is 0 Å². The Balaban J connectivity index is 1.68. The molecule has 1 spiro atoms. The van der Waals surface area contributed by atoms with Crippen molar-refractivity contribution in [2.75, 3.05) is 32.6 Å². The van der Waals surface area contributed by atoms with E-state index >= 15 is 0 Å². The van der Waals surface area contributed by atoms with E-state index < -0.39 is 0 Å². The van der Waals surface area contributed by atoms with Crippen LogP contribution in [-0.4, -0.2) is 33.2 Å². The Hall–Kier alpha value is -1.75. The third kappa shape index (κ3) is 2.70. The summed E-state index contributed by atoms with van der Waals surface area (Å²) >= 11 is 0. The number of rotatable bonds is 4. The van der Waals surface area contributed by atoms with Crippen molar-refractivity contribution in [1.82, 2.24) is 5.32 Å². The lowest BCUT2D eigenvalue weighted by molar-refractivity contribution is -0.118. The lowest BCUT2D eigenvalue weighted by atomic mass is 9.92. The molecule has 1 aliphatic carbocycles. The minimum Gasteiger partial charge on any atom is -0.497 e. The van der Waals surface area contributed by atoms with Crippen LogP contribution >= 0.6 is 0 Å². The van der Waals surface area contributed by atoms with Gasteiger partial charge in [-0.1, -0.05) is 0 Å². The third-order valence-electron chi connectivity index (χ3n) is 4.77. The summed E-state index contributed by atoms with van der Waals surface area (Å²) in [6.07, 6.45) is 3.22. The summed E-state index contributed by atoms with van der Waals surface area (Å²) in [4.78, 5) is 12.5. The van der Waals surface area contributed by atoms with E-state index in [-0.39, 0.29) is 17.2 Å². The third-order valence-corrected chi connectivity index (χ3v) is 4.77. The molecule has 1 atom stereocenters. The lowest BCUT2D eigenvalue weighted by Crippen LogP contribution is -2.31. The number of ether oxygens (including phenoxy) is 2. The molecule has 2 fully saturated rings. The summed E-state index contributed by atoms with van der Waals surface area (Å²) in [5.41, 5.74) is 0.953. The SMILES string of the molecule is COc1ccc(NC(=O)C2CC23CCNCC3)c(OC)c1. The summed E-state index contributed by atoms with van der Waals surface area (Å²) in [7, 11) is 3.20. The number of carbonyl (C=O) groups excluding carboxylic acids is 1. The molecule has 5 nitrogen and oxygen atoms in total. The molecule has 1 aromatic rings. The van der Waals surface area contributed by atoms with E-state index in [1.807, 2.05) is 12.1 Å². The molecule has 0 bridgehead atoms. The Morgan fingerprint density at radius 3 is 2.71 bits per heavy atom. The van der Waals surface area contributed by atoms with Gasteiger partial charge in [0, 0.05) is 12.0 Å². The zero-order chi connectivity index (χ0) is 14.9. The molecule has 2 N–H and O–H groups in total. The van der Waals surface area contributed by atoms with E-state index in [0.29, 0.717) is 17.2 Å².